The number of carbonyl (C=O) groups excluding carboxylic acids is 2. The SMILES string of the molecule is Cc1ccc(-c2ccc(Cl)cc2)cc1C1C(=O)CC(CC2CCOC2)CC1=O. The van der Waals surface area contributed by atoms with E-state index in [9.17, 15) is 9.59 Å². The van der Waals surface area contributed by atoms with Crippen LogP contribution in [-0.2, 0) is 14.3 Å². The van der Waals surface area contributed by atoms with E-state index in [0.29, 0.717) is 23.8 Å². The van der Waals surface area contributed by atoms with Crippen molar-refractivity contribution >= 4 is 23.2 Å². The molecule has 1 heterocycles. The molecule has 3 nitrogen and oxygen atoms in total. The standard InChI is InChI=1S/C24H25ClO3/c1-15-2-3-19(18-4-6-20(25)7-5-18)13-21(15)24-22(26)11-17(12-23(24)27)10-16-8-9-28-14-16/h2-7,13,16-17,24H,8-12,14H2,1H3. The maximum atomic E-state index is 13.0. The molecule has 0 bridgehead atoms. The van der Waals surface area contributed by atoms with Crippen LogP contribution in [0.25, 0.3) is 11.1 Å². The molecule has 1 aliphatic heterocycles. The Morgan fingerprint density at radius 1 is 0.964 bits per heavy atom. The van der Waals surface area contributed by atoms with Gasteiger partial charge in [0.25, 0.3) is 0 Å². The summed E-state index contributed by atoms with van der Waals surface area (Å²) in [5.74, 6) is 0.177. The molecule has 4 rings (SSSR count). The Hall–Kier alpha value is -1.97. The van der Waals surface area contributed by atoms with E-state index in [0.717, 1.165) is 48.3 Å². The summed E-state index contributed by atoms with van der Waals surface area (Å²) >= 11 is 5.99. The van der Waals surface area contributed by atoms with Crippen molar-refractivity contribution in [2.45, 2.75) is 38.5 Å². The third kappa shape index (κ3) is 4.06. The molecule has 1 atom stereocenters. The van der Waals surface area contributed by atoms with Crippen LogP contribution in [0.15, 0.2) is 42.5 Å². The first-order chi connectivity index (χ1) is 13.5. The van der Waals surface area contributed by atoms with E-state index in [2.05, 4.69) is 0 Å². The van der Waals surface area contributed by atoms with E-state index in [1.807, 2.05) is 49.4 Å². The van der Waals surface area contributed by atoms with Crippen LogP contribution in [0, 0.1) is 18.8 Å². The monoisotopic (exact) mass is 396 g/mol. The van der Waals surface area contributed by atoms with Crippen molar-refractivity contribution in [3.63, 3.8) is 0 Å². The first kappa shape index (κ1) is 19.4. The quantitative estimate of drug-likeness (QED) is 0.652. The molecule has 2 aromatic carbocycles. The zero-order chi connectivity index (χ0) is 19.7. The molecule has 1 saturated heterocycles. The minimum Gasteiger partial charge on any atom is -0.381 e. The number of ether oxygens (including phenoxy) is 1. The molecule has 2 fully saturated rings. The molecule has 28 heavy (non-hydrogen) atoms. The first-order valence-corrected chi connectivity index (χ1v) is 10.4. The van der Waals surface area contributed by atoms with Crippen molar-refractivity contribution < 1.29 is 14.3 Å². The van der Waals surface area contributed by atoms with E-state index < -0.39 is 5.92 Å². The van der Waals surface area contributed by atoms with Gasteiger partial charge in [0.1, 0.15) is 17.5 Å². The molecule has 0 amide bonds. The minimum atomic E-state index is -0.622. The molecular weight excluding hydrogens is 372 g/mol. The van der Waals surface area contributed by atoms with Crippen LogP contribution in [0.1, 0.15) is 42.7 Å². The van der Waals surface area contributed by atoms with Crippen LogP contribution in [0.3, 0.4) is 0 Å². The van der Waals surface area contributed by atoms with Crippen molar-refractivity contribution in [3.05, 3.63) is 58.6 Å². The molecule has 0 radical (unpaired) electrons. The van der Waals surface area contributed by atoms with Crippen LogP contribution in [0.5, 0.6) is 0 Å². The minimum absolute atomic E-state index is 0.0662. The molecule has 1 aliphatic carbocycles. The molecular formula is C24H25ClO3. The predicted molar refractivity (Wildman–Crippen MR) is 111 cm³/mol. The van der Waals surface area contributed by atoms with E-state index in [4.69, 9.17) is 16.3 Å². The Balaban J connectivity index is 1.56. The molecule has 1 saturated carbocycles. The van der Waals surface area contributed by atoms with Gasteiger partial charge in [-0.3, -0.25) is 9.59 Å². The smallest absolute Gasteiger partial charge is 0.148 e. The zero-order valence-electron chi connectivity index (χ0n) is 16.1. The number of carbonyl (C=O) groups is 2. The van der Waals surface area contributed by atoms with Crippen LogP contribution in [0.2, 0.25) is 5.02 Å². The number of hydrogen-bond donors (Lipinski definition) is 0. The Labute approximate surface area is 171 Å². The van der Waals surface area contributed by atoms with Gasteiger partial charge in [-0.15, -0.1) is 0 Å². The largest absolute Gasteiger partial charge is 0.381 e. The van der Waals surface area contributed by atoms with Crippen LogP contribution >= 0.6 is 11.6 Å². The average molecular weight is 397 g/mol. The van der Waals surface area contributed by atoms with Crippen molar-refractivity contribution in [1.29, 1.82) is 0 Å². The highest BCUT2D eigenvalue weighted by atomic mass is 35.5. The molecule has 0 aromatic heterocycles. The number of rotatable bonds is 4. The summed E-state index contributed by atoms with van der Waals surface area (Å²) in [7, 11) is 0. The molecule has 2 aliphatic rings. The highest BCUT2D eigenvalue weighted by molar-refractivity contribution is 6.30. The fraction of sp³-hybridized carbons (Fsp3) is 0.417. The van der Waals surface area contributed by atoms with Crippen LogP contribution in [0.4, 0.5) is 0 Å². The van der Waals surface area contributed by atoms with Crippen molar-refractivity contribution in [2.24, 2.45) is 11.8 Å². The van der Waals surface area contributed by atoms with Crippen molar-refractivity contribution in [1.82, 2.24) is 0 Å². The van der Waals surface area contributed by atoms with Crippen LogP contribution in [-0.4, -0.2) is 24.8 Å². The summed E-state index contributed by atoms with van der Waals surface area (Å²) < 4.78 is 5.44. The maximum Gasteiger partial charge on any atom is 0.148 e. The second kappa shape index (κ2) is 8.18. The summed E-state index contributed by atoms with van der Waals surface area (Å²) in [5.41, 5.74) is 3.88. The van der Waals surface area contributed by atoms with Gasteiger partial charge < -0.3 is 4.74 Å². The summed E-state index contributed by atoms with van der Waals surface area (Å²) in [6, 6.07) is 13.7. The lowest BCUT2D eigenvalue weighted by Crippen LogP contribution is -2.33. The molecule has 2 aromatic rings. The van der Waals surface area contributed by atoms with Gasteiger partial charge in [-0.25, -0.2) is 0 Å². The summed E-state index contributed by atoms with van der Waals surface area (Å²) in [6.07, 6.45) is 2.97. The van der Waals surface area contributed by atoms with Gasteiger partial charge in [0.05, 0.1) is 0 Å². The third-order valence-electron chi connectivity index (χ3n) is 6.08. The lowest BCUT2D eigenvalue weighted by atomic mass is 9.73. The van der Waals surface area contributed by atoms with E-state index in [1.54, 1.807) is 0 Å². The fourth-order valence-electron chi connectivity index (χ4n) is 4.58. The van der Waals surface area contributed by atoms with Gasteiger partial charge in [0, 0.05) is 31.1 Å². The van der Waals surface area contributed by atoms with Gasteiger partial charge in [-0.05, 0) is 72.1 Å². The number of benzene rings is 2. The van der Waals surface area contributed by atoms with Crippen LogP contribution < -0.4 is 0 Å². The first-order valence-electron chi connectivity index (χ1n) is 10.0. The number of ketones is 2. The average Bonchev–Trinajstić information content (AvgIpc) is 3.16. The molecule has 1 unspecified atom stereocenters. The number of hydrogen-bond acceptors (Lipinski definition) is 3. The molecule has 0 N–H and O–H groups in total. The lowest BCUT2D eigenvalue weighted by molar-refractivity contribution is -0.133. The normalized spacial score (nSPS) is 25.3. The highest BCUT2D eigenvalue weighted by Crippen LogP contribution is 2.37. The maximum absolute atomic E-state index is 13.0. The highest BCUT2D eigenvalue weighted by Gasteiger charge is 2.38. The van der Waals surface area contributed by atoms with Gasteiger partial charge in [0.2, 0.25) is 0 Å². The topological polar surface area (TPSA) is 43.4 Å². The second-order valence-corrected chi connectivity index (χ2v) is 8.62. The van der Waals surface area contributed by atoms with E-state index >= 15 is 0 Å². The third-order valence-corrected chi connectivity index (χ3v) is 6.33. The Morgan fingerprint density at radius 3 is 2.29 bits per heavy atom. The number of Topliss-reactive ketones (excluding diaryl/α,β-unsaturated/α-hetero) is 2. The predicted octanol–water partition coefficient (Wildman–Crippen LogP) is 5.37. The Morgan fingerprint density at radius 2 is 1.64 bits per heavy atom. The van der Waals surface area contributed by atoms with Crippen molar-refractivity contribution in [3.8, 4) is 11.1 Å². The van der Waals surface area contributed by atoms with Gasteiger partial charge >= 0.3 is 0 Å². The summed E-state index contributed by atoms with van der Waals surface area (Å²) in [4.78, 5) is 25.9. The fourth-order valence-corrected chi connectivity index (χ4v) is 4.71. The van der Waals surface area contributed by atoms with Gasteiger partial charge in [-0.2, -0.15) is 0 Å². The summed E-state index contributed by atoms with van der Waals surface area (Å²) in [6.45, 7) is 3.55. The molecule has 0 spiro atoms. The Bertz CT molecular complexity index is 863. The van der Waals surface area contributed by atoms with Gasteiger partial charge in [-0.1, -0.05) is 35.9 Å². The zero-order valence-corrected chi connectivity index (χ0v) is 16.9. The Kier molecular flexibility index (Phi) is 5.65. The van der Waals surface area contributed by atoms with E-state index in [-0.39, 0.29) is 17.5 Å². The van der Waals surface area contributed by atoms with E-state index in [1.165, 1.54) is 0 Å². The van der Waals surface area contributed by atoms with Crippen molar-refractivity contribution in [2.75, 3.05) is 13.2 Å². The molecule has 146 valence electrons. The lowest BCUT2D eigenvalue weighted by Gasteiger charge is -2.29. The number of halogens is 1. The summed E-state index contributed by atoms with van der Waals surface area (Å²) in [5, 5.41) is 0.687. The van der Waals surface area contributed by atoms with Gasteiger partial charge in [0.15, 0.2) is 0 Å². The number of aryl methyl sites for hydroxylation is 1. The molecule has 4 heteroatoms. The second-order valence-electron chi connectivity index (χ2n) is 8.18.